The lowest BCUT2D eigenvalue weighted by Crippen LogP contribution is -2.36. The highest BCUT2D eigenvalue weighted by atomic mass is 79.9. The highest BCUT2D eigenvalue weighted by Gasteiger charge is 2.11. The SMILES string of the molecule is CC(C)C(=O)NCCNC(=O)c1cc(Br)c(Br)s1. The van der Waals surface area contributed by atoms with Gasteiger partial charge in [-0.15, -0.1) is 11.3 Å². The van der Waals surface area contributed by atoms with Gasteiger partial charge >= 0.3 is 0 Å². The van der Waals surface area contributed by atoms with Crippen LogP contribution in [0.25, 0.3) is 0 Å². The standard InChI is InChI=1S/C11H14Br2N2O2S/c1-6(2)10(16)14-3-4-15-11(17)8-5-7(12)9(13)18-8/h5-6H,3-4H2,1-2H3,(H,14,16)(H,15,17). The molecule has 0 saturated carbocycles. The molecule has 1 aromatic heterocycles. The summed E-state index contributed by atoms with van der Waals surface area (Å²) in [6.07, 6.45) is 0. The second kappa shape index (κ2) is 7.25. The Labute approximate surface area is 127 Å². The zero-order valence-electron chi connectivity index (χ0n) is 10.0. The first kappa shape index (κ1) is 15.7. The Morgan fingerprint density at radius 1 is 1.28 bits per heavy atom. The zero-order chi connectivity index (χ0) is 13.7. The molecule has 1 aromatic rings. The van der Waals surface area contributed by atoms with Gasteiger partial charge in [-0.25, -0.2) is 0 Å². The Morgan fingerprint density at radius 3 is 2.39 bits per heavy atom. The van der Waals surface area contributed by atoms with E-state index in [1.165, 1.54) is 11.3 Å². The van der Waals surface area contributed by atoms with Crippen molar-refractivity contribution in [2.24, 2.45) is 5.92 Å². The fourth-order valence-corrected chi connectivity index (χ4v) is 3.06. The summed E-state index contributed by atoms with van der Waals surface area (Å²) in [5.41, 5.74) is 0. The maximum Gasteiger partial charge on any atom is 0.261 e. The zero-order valence-corrected chi connectivity index (χ0v) is 14.0. The van der Waals surface area contributed by atoms with Crippen LogP contribution in [-0.4, -0.2) is 24.9 Å². The maximum absolute atomic E-state index is 11.7. The second-order valence-electron chi connectivity index (χ2n) is 3.93. The Balaban J connectivity index is 2.32. The van der Waals surface area contributed by atoms with Gasteiger partial charge in [0.15, 0.2) is 0 Å². The number of rotatable bonds is 5. The molecule has 0 aliphatic rings. The lowest BCUT2D eigenvalue weighted by Gasteiger charge is -2.08. The molecular formula is C11H14Br2N2O2S. The van der Waals surface area contributed by atoms with Gasteiger partial charge in [-0.1, -0.05) is 13.8 Å². The van der Waals surface area contributed by atoms with Crippen molar-refractivity contribution in [3.8, 4) is 0 Å². The molecule has 0 saturated heterocycles. The molecule has 0 radical (unpaired) electrons. The average Bonchev–Trinajstić information content (AvgIpc) is 2.64. The van der Waals surface area contributed by atoms with Gasteiger partial charge < -0.3 is 10.6 Å². The molecule has 0 spiro atoms. The van der Waals surface area contributed by atoms with Crippen LogP contribution < -0.4 is 10.6 Å². The van der Waals surface area contributed by atoms with E-state index in [4.69, 9.17) is 0 Å². The predicted octanol–water partition coefficient (Wildman–Crippen LogP) is 2.78. The molecule has 2 N–H and O–H groups in total. The molecule has 1 heterocycles. The van der Waals surface area contributed by atoms with Crippen LogP contribution >= 0.6 is 43.2 Å². The number of nitrogens with one attached hydrogen (secondary N) is 2. The molecule has 0 fully saturated rings. The van der Waals surface area contributed by atoms with Crippen molar-refractivity contribution >= 4 is 55.0 Å². The van der Waals surface area contributed by atoms with Gasteiger partial charge in [0.1, 0.15) is 0 Å². The lowest BCUT2D eigenvalue weighted by atomic mass is 10.2. The van der Waals surface area contributed by atoms with Crippen LogP contribution in [0.1, 0.15) is 23.5 Å². The van der Waals surface area contributed by atoms with Crippen molar-refractivity contribution in [3.63, 3.8) is 0 Å². The maximum atomic E-state index is 11.7. The number of hydrogen-bond acceptors (Lipinski definition) is 3. The molecule has 0 aromatic carbocycles. The summed E-state index contributed by atoms with van der Waals surface area (Å²) in [5, 5.41) is 5.49. The summed E-state index contributed by atoms with van der Waals surface area (Å²) >= 11 is 8.03. The Bertz CT molecular complexity index is 427. The van der Waals surface area contributed by atoms with E-state index in [2.05, 4.69) is 42.5 Å². The molecule has 0 bridgehead atoms. The Kier molecular flexibility index (Phi) is 6.31. The largest absolute Gasteiger partial charge is 0.354 e. The van der Waals surface area contributed by atoms with Crippen molar-refractivity contribution in [1.29, 1.82) is 0 Å². The van der Waals surface area contributed by atoms with Gasteiger partial charge in [0.05, 0.1) is 8.66 Å². The first-order chi connectivity index (χ1) is 8.41. The molecule has 1 rings (SSSR count). The van der Waals surface area contributed by atoms with Crippen LogP contribution in [0.15, 0.2) is 14.3 Å². The normalized spacial score (nSPS) is 10.5. The first-order valence-electron chi connectivity index (χ1n) is 5.42. The van der Waals surface area contributed by atoms with Gasteiger partial charge in [-0.2, -0.15) is 0 Å². The molecule has 2 amide bonds. The molecule has 18 heavy (non-hydrogen) atoms. The number of thiophene rings is 1. The average molecular weight is 398 g/mol. The molecule has 7 heteroatoms. The van der Waals surface area contributed by atoms with Crippen molar-refractivity contribution in [2.45, 2.75) is 13.8 Å². The summed E-state index contributed by atoms with van der Waals surface area (Å²) in [6, 6.07) is 1.76. The van der Waals surface area contributed by atoms with Crippen molar-refractivity contribution in [1.82, 2.24) is 10.6 Å². The molecule has 0 aliphatic heterocycles. The monoisotopic (exact) mass is 396 g/mol. The minimum Gasteiger partial charge on any atom is -0.354 e. The van der Waals surface area contributed by atoms with Crippen LogP contribution in [0, 0.1) is 5.92 Å². The van der Waals surface area contributed by atoms with Gasteiger partial charge in [-0.3, -0.25) is 9.59 Å². The molecule has 0 unspecified atom stereocenters. The fraction of sp³-hybridized carbons (Fsp3) is 0.455. The quantitative estimate of drug-likeness (QED) is 0.750. The van der Waals surface area contributed by atoms with Crippen molar-refractivity contribution in [3.05, 3.63) is 19.2 Å². The highest BCUT2D eigenvalue weighted by molar-refractivity contribution is 9.13. The van der Waals surface area contributed by atoms with Crippen LogP contribution in [0.4, 0.5) is 0 Å². The van der Waals surface area contributed by atoms with Crippen LogP contribution in [0.3, 0.4) is 0 Å². The van der Waals surface area contributed by atoms with E-state index in [1.807, 2.05) is 13.8 Å². The fourth-order valence-electron chi connectivity index (χ4n) is 1.11. The number of halogens is 2. The van der Waals surface area contributed by atoms with Gasteiger partial charge in [-0.05, 0) is 37.9 Å². The lowest BCUT2D eigenvalue weighted by molar-refractivity contribution is -0.123. The Morgan fingerprint density at radius 2 is 1.89 bits per heavy atom. The number of carbonyl (C=O) groups excluding carboxylic acids is 2. The van der Waals surface area contributed by atoms with E-state index < -0.39 is 0 Å². The van der Waals surface area contributed by atoms with Gasteiger partial charge in [0.25, 0.3) is 5.91 Å². The first-order valence-corrected chi connectivity index (χ1v) is 7.82. The molecule has 100 valence electrons. The van der Waals surface area contributed by atoms with E-state index in [1.54, 1.807) is 6.07 Å². The summed E-state index contributed by atoms with van der Waals surface area (Å²) in [4.78, 5) is 23.6. The molecule has 0 atom stereocenters. The van der Waals surface area contributed by atoms with Crippen molar-refractivity contribution in [2.75, 3.05) is 13.1 Å². The third-order valence-corrected chi connectivity index (χ3v) is 5.36. The Hall–Kier alpha value is -0.400. The third-order valence-electron chi connectivity index (χ3n) is 2.10. The van der Waals surface area contributed by atoms with Gasteiger partial charge in [0.2, 0.25) is 5.91 Å². The molecular weight excluding hydrogens is 384 g/mol. The third kappa shape index (κ3) is 4.70. The minimum absolute atomic E-state index is 0.00846. The topological polar surface area (TPSA) is 58.2 Å². The molecule has 4 nitrogen and oxygen atoms in total. The summed E-state index contributed by atoms with van der Waals surface area (Å²) in [7, 11) is 0. The molecule has 0 aliphatic carbocycles. The number of amides is 2. The van der Waals surface area contributed by atoms with Crippen molar-refractivity contribution < 1.29 is 9.59 Å². The minimum atomic E-state index is -0.134. The van der Waals surface area contributed by atoms with E-state index in [0.29, 0.717) is 18.0 Å². The van der Waals surface area contributed by atoms with E-state index in [0.717, 1.165) is 8.26 Å². The smallest absolute Gasteiger partial charge is 0.261 e. The van der Waals surface area contributed by atoms with Gasteiger partial charge in [0, 0.05) is 23.5 Å². The summed E-state index contributed by atoms with van der Waals surface area (Å²) < 4.78 is 1.76. The van der Waals surface area contributed by atoms with E-state index in [-0.39, 0.29) is 17.7 Å². The van der Waals surface area contributed by atoms with Crippen LogP contribution in [0.5, 0.6) is 0 Å². The summed E-state index contributed by atoms with van der Waals surface area (Å²) in [6.45, 7) is 4.52. The van der Waals surface area contributed by atoms with Crippen LogP contribution in [-0.2, 0) is 4.79 Å². The highest BCUT2D eigenvalue weighted by Crippen LogP contribution is 2.32. The van der Waals surface area contributed by atoms with Crippen LogP contribution in [0.2, 0.25) is 0 Å². The predicted molar refractivity (Wildman–Crippen MR) is 79.9 cm³/mol. The van der Waals surface area contributed by atoms with E-state index >= 15 is 0 Å². The number of hydrogen-bond donors (Lipinski definition) is 2. The summed E-state index contributed by atoms with van der Waals surface area (Å²) in [5.74, 6) is -0.180. The van der Waals surface area contributed by atoms with E-state index in [9.17, 15) is 9.59 Å². The number of carbonyl (C=O) groups is 2. The second-order valence-corrected chi connectivity index (χ2v) is 7.16.